The zero-order chi connectivity index (χ0) is 24.9. The number of hydrogen-bond acceptors (Lipinski definition) is 4. The Morgan fingerprint density at radius 3 is 2.29 bits per heavy atom. The smallest absolute Gasteiger partial charge is 0.407 e. The first-order valence-corrected chi connectivity index (χ1v) is 12.5. The molecule has 2 aliphatic rings. The van der Waals surface area contributed by atoms with Crippen molar-refractivity contribution in [2.75, 3.05) is 19.7 Å². The summed E-state index contributed by atoms with van der Waals surface area (Å²) >= 11 is 0. The Morgan fingerprint density at radius 1 is 1.06 bits per heavy atom. The largest absolute Gasteiger partial charge is 0.480 e. The number of fused-ring (bicyclic) bond motifs is 3. The van der Waals surface area contributed by atoms with Gasteiger partial charge in [-0.15, -0.1) is 0 Å². The topological polar surface area (TPSA) is 95.9 Å². The van der Waals surface area contributed by atoms with Crippen LogP contribution in [0, 0.1) is 11.8 Å². The molecular weight excluding hydrogens is 444 g/mol. The number of carboxylic acid groups (broad SMARTS) is 1. The van der Waals surface area contributed by atoms with Crippen LogP contribution in [0.2, 0.25) is 0 Å². The van der Waals surface area contributed by atoms with Gasteiger partial charge in [0.25, 0.3) is 0 Å². The van der Waals surface area contributed by atoms with Gasteiger partial charge in [-0.25, -0.2) is 9.59 Å². The first-order valence-electron chi connectivity index (χ1n) is 12.5. The summed E-state index contributed by atoms with van der Waals surface area (Å²) in [5.74, 6) is -1.13. The maximum absolute atomic E-state index is 13.0. The van der Waals surface area contributed by atoms with E-state index in [1.54, 1.807) is 13.8 Å². The van der Waals surface area contributed by atoms with Crippen LogP contribution < -0.4 is 5.32 Å². The number of rotatable bonds is 8. The maximum Gasteiger partial charge on any atom is 0.407 e. The van der Waals surface area contributed by atoms with Gasteiger partial charge in [-0.3, -0.25) is 4.79 Å². The third-order valence-electron chi connectivity index (χ3n) is 7.46. The quantitative estimate of drug-likeness (QED) is 0.576. The minimum atomic E-state index is -0.996. The third-order valence-corrected chi connectivity index (χ3v) is 7.46. The van der Waals surface area contributed by atoms with Gasteiger partial charge in [0.15, 0.2) is 0 Å². The number of ether oxygens (including phenoxy) is 1. The molecule has 4 rings (SSSR count). The number of benzene rings is 2. The van der Waals surface area contributed by atoms with Gasteiger partial charge < -0.3 is 20.1 Å². The van der Waals surface area contributed by atoms with E-state index in [-0.39, 0.29) is 30.3 Å². The molecule has 1 fully saturated rings. The van der Waals surface area contributed by atoms with Crippen molar-refractivity contribution in [2.24, 2.45) is 11.8 Å². The lowest BCUT2D eigenvalue weighted by molar-refractivity contribution is -0.151. The monoisotopic (exact) mass is 478 g/mol. The summed E-state index contributed by atoms with van der Waals surface area (Å²) in [5, 5.41) is 12.2. The minimum Gasteiger partial charge on any atom is -0.480 e. The van der Waals surface area contributed by atoms with E-state index in [1.165, 1.54) is 27.2 Å². The average Bonchev–Trinajstić information content (AvgIpc) is 3.20. The first-order chi connectivity index (χ1) is 16.9. The highest BCUT2D eigenvalue weighted by Crippen LogP contribution is 2.44. The van der Waals surface area contributed by atoms with E-state index in [4.69, 9.17) is 4.74 Å². The second-order valence-electron chi connectivity index (χ2n) is 9.57. The maximum atomic E-state index is 13.0. The average molecular weight is 479 g/mol. The molecule has 2 amide bonds. The van der Waals surface area contributed by atoms with Gasteiger partial charge in [-0.2, -0.15) is 0 Å². The van der Waals surface area contributed by atoms with Gasteiger partial charge in [0.05, 0.1) is 0 Å². The highest BCUT2D eigenvalue weighted by molar-refractivity contribution is 5.85. The van der Waals surface area contributed by atoms with E-state index in [1.807, 2.05) is 24.3 Å². The molecule has 0 aliphatic heterocycles. The summed E-state index contributed by atoms with van der Waals surface area (Å²) in [5.41, 5.74) is 4.72. The number of carbonyl (C=O) groups excluding carboxylic acids is 2. The Morgan fingerprint density at radius 2 is 1.69 bits per heavy atom. The lowest BCUT2D eigenvalue weighted by atomic mass is 9.80. The summed E-state index contributed by atoms with van der Waals surface area (Å²) in [6, 6.07) is 15.6. The number of amides is 2. The Hall–Kier alpha value is -3.35. The number of nitrogens with zero attached hydrogens (tertiary/aromatic N) is 1. The predicted octanol–water partition coefficient (Wildman–Crippen LogP) is 4.65. The standard InChI is InChI=1S/C28H34N2O5/c1-3-30(18(2)27(32)33)26(31)20-10-8-9-19(15-20)16-29-28(34)35-17-25-23-13-6-4-11-21(23)22-12-5-7-14-24(22)25/h4-7,11-14,18-20,25H,3,8-10,15-17H2,1-2H3,(H,29,34)(H,32,33). The van der Waals surface area contributed by atoms with E-state index in [0.29, 0.717) is 19.5 Å². The molecule has 0 saturated heterocycles. The van der Waals surface area contributed by atoms with Crippen molar-refractivity contribution in [1.29, 1.82) is 0 Å². The molecule has 0 spiro atoms. The zero-order valence-electron chi connectivity index (χ0n) is 20.4. The molecule has 7 heteroatoms. The Balaban J connectivity index is 1.29. The first kappa shape index (κ1) is 24.8. The molecule has 3 unspecified atom stereocenters. The molecule has 0 heterocycles. The van der Waals surface area contributed by atoms with Crippen molar-refractivity contribution in [1.82, 2.24) is 10.2 Å². The van der Waals surface area contributed by atoms with Crippen LogP contribution >= 0.6 is 0 Å². The zero-order valence-corrected chi connectivity index (χ0v) is 20.4. The summed E-state index contributed by atoms with van der Waals surface area (Å²) < 4.78 is 5.63. The second kappa shape index (κ2) is 10.9. The fourth-order valence-corrected chi connectivity index (χ4v) is 5.57. The fourth-order valence-electron chi connectivity index (χ4n) is 5.57. The van der Waals surface area contributed by atoms with Crippen molar-refractivity contribution >= 4 is 18.0 Å². The molecule has 0 aromatic heterocycles. The summed E-state index contributed by atoms with van der Waals surface area (Å²) in [6.07, 6.45) is 2.75. The molecule has 0 radical (unpaired) electrons. The van der Waals surface area contributed by atoms with E-state index in [9.17, 15) is 19.5 Å². The van der Waals surface area contributed by atoms with Gasteiger partial charge in [0.1, 0.15) is 12.6 Å². The molecule has 2 aromatic rings. The second-order valence-corrected chi connectivity index (χ2v) is 9.57. The van der Waals surface area contributed by atoms with Gasteiger partial charge in [-0.05, 0) is 61.3 Å². The van der Waals surface area contributed by atoms with E-state index in [0.717, 1.165) is 19.3 Å². The van der Waals surface area contributed by atoms with Crippen molar-refractivity contribution in [2.45, 2.75) is 51.5 Å². The molecule has 3 atom stereocenters. The van der Waals surface area contributed by atoms with E-state index < -0.39 is 18.1 Å². The number of nitrogens with one attached hydrogen (secondary N) is 1. The van der Waals surface area contributed by atoms with Crippen molar-refractivity contribution in [3.05, 3.63) is 59.7 Å². The van der Waals surface area contributed by atoms with Gasteiger partial charge in [-0.1, -0.05) is 55.0 Å². The summed E-state index contributed by atoms with van der Waals surface area (Å²) in [6.45, 7) is 4.43. The van der Waals surface area contributed by atoms with Crippen molar-refractivity contribution in [3.63, 3.8) is 0 Å². The van der Waals surface area contributed by atoms with Crippen molar-refractivity contribution in [3.8, 4) is 11.1 Å². The number of likely N-dealkylation sites (N-methyl/N-ethyl adjacent to an activating group) is 1. The fraction of sp³-hybridized carbons (Fsp3) is 0.464. The Labute approximate surface area is 206 Å². The molecule has 0 bridgehead atoms. The molecule has 7 nitrogen and oxygen atoms in total. The number of alkyl carbamates (subject to hydrolysis) is 1. The Bertz CT molecular complexity index is 1040. The van der Waals surface area contributed by atoms with Crippen molar-refractivity contribution < 1.29 is 24.2 Å². The molecule has 2 N–H and O–H groups in total. The Kier molecular flexibility index (Phi) is 7.73. The minimum absolute atomic E-state index is 0.0149. The number of carbonyl (C=O) groups is 3. The summed E-state index contributed by atoms with van der Waals surface area (Å²) in [4.78, 5) is 38.3. The highest BCUT2D eigenvalue weighted by Gasteiger charge is 2.34. The molecule has 35 heavy (non-hydrogen) atoms. The molecule has 186 valence electrons. The molecule has 2 aliphatic carbocycles. The van der Waals surface area contributed by atoms with Crippen LogP contribution in [0.3, 0.4) is 0 Å². The van der Waals surface area contributed by atoms with Crippen LogP contribution in [-0.2, 0) is 14.3 Å². The summed E-state index contributed by atoms with van der Waals surface area (Å²) in [7, 11) is 0. The predicted molar refractivity (Wildman–Crippen MR) is 133 cm³/mol. The normalized spacial score (nSPS) is 19.8. The number of carboxylic acids is 1. The van der Waals surface area contributed by atoms with Crippen LogP contribution in [-0.4, -0.2) is 53.7 Å². The lowest BCUT2D eigenvalue weighted by Crippen LogP contribution is -2.47. The molecule has 2 aromatic carbocycles. The van der Waals surface area contributed by atoms with Gasteiger partial charge in [0, 0.05) is 24.9 Å². The van der Waals surface area contributed by atoms with E-state index in [2.05, 4.69) is 29.6 Å². The van der Waals surface area contributed by atoms with Gasteiger partial charge in [0.2, 0.25) is 5.91 Å². The third kappa shape index (κ3) is 5.34. The van der Waals surface area contributed by atoms with Crippen LogP contribution in [0.5, 0.6) is 0 Å². The van der Waals surface area contributed by atoms with E-state index >= 15 is 0 Å². The van der Waals surface area contributed by atoms with Crippen LogP contribution in [0.15, 0.2) is 48.5 Å². The van der Waals surface area contributed by atoms with Gasteiger partial charge >= 0.3 is 12.1 Å². The highest BCUT2D eigenvalue weighted by atomic mass is 16.5. The van der Waals surface area contributed by atoms with Crippen LogP contribution in [0.25, 0.3) is 11.1 Å². The SMILES string of the molecule is CCN(C(=O)C1CCCC(CNC(=O)OCC2c3ccccc3-c3ccccc32)C1)C(C)C(=O)O. The molecule has 1 saturated carbocycles. The van der Waals surface area contributed by atoms with Crippen LogP contribution in [0.4, 0.5) is 4.79 Å². The lowest BCUT2D eigenvalue weighted by Gasteiger charge is -2.34. The number of aliphatic carboxylic acids is 1. The number of hydrogen-bond donors (Lipinski definition) is 2. The molecular formula is C28H34N2O5. The van der Waals surface area contributed by atoms with Crippen LogP contribution in [0.1, 0.15) is 56.6 Å².